The summed E-state index contributed by atoms with van der Waals surface area (Å²) in [6.07, 6.45) is 4.38. The third-order valence-corrected chi connectivity index (χ3v) is 9.58. The van der Waals surface area contributed by atoms with Crippen LogP contribution in [0.4, 0.5) is 0 Å². The molecule has 0 radical (unpaired) electrons. The molecule has 0 unspecified atom stereocenters. The second-order valence-electron chi connectivity index (χ2n) is 8.49. The van der Waals surface area contributed by atoms with Crippen LogP contribution in [0.2, 0.25) is 18.1 Å². The van der Waals surface area contributed by atoms with Crippen molar-refractivity contribution in [3.05, 3.63) is 12.2 Å². The van der Waals surface area contributed by atoms with Crippen molar-refractivity contribution in [2.75, 3.05) is 0 Å². The van der Waals surface area contributed by atoms with E-state index in [-0.39, 0.29) is 23.4 Å². The highest BCUT2D eigenvalue weighted by atomic mass is 28.4. The average molecular weight is 329 g/mol. The maximum atomic E-state index is 10.4. The third-order valence-electron chi connectivity index (χ3n) is 5.07. The van der Waals surface area contributed by atoms with Crippen molar-refractivity contribution in [1.82, 2.24) is 0 Å². The van der Waals surface area contributed by atoms with Gasteiger partial charge in [0.15, 0.2) is 14.1 Å². The number of ether oxygens (including phenoxy) is 2. The van der Waals surface area contributed by atoms with Gasteiger partial charge in [-0.15, -0.1) is 0 Å². The molecule has 0 saturated carbocycles. The summed E-state index contributed by atoms with van der Waals surface area (Å²) in [6, 6.07) is 0. The molecule has 1 aliphatic carbocycles. The molecule has 1 fully saturated rings. The van der Waals surface area contributed by atoms with Crippen LogP contribution >= 0.6 is 0 Å². The second kappa shape index (κ2) is 6.02. The van der Waals surface area contributed by atoms with Gasteiger partial charge in [0, 0.05) is 0 Å². The van der Waals surface area contributed by atoms with E-state index in [4.69, 9.17) is 13.9 Å². The molecule has 4 atom stereocenters. The lowest BCUT2D eigenvalue weighted by Crippen LogP contribution is -2.51. The van der Waals surface area contributed by atoms with Gasteiger partial charge in [-0.05, 0) is 44.8 Å². The summed E-state index contributed by atoms with van der Waals surface area (Å²) in [5.41, 5.74) is 0. The zero-order chi connectivity index (χ0) is 16.8. The van der Waals surface area contributed by atoms with Crippen LogP contribution < -0.4 is 0 Å². The molecule has 0 aromatic heterocycles. The van der Waals surface area contributed by atoms with Crippen molar-refractivity contribution in [3.8, 4) is 0 Å². The predicted octanol–water partition coefficient (Wildman–Crippen LogP) is 3.61. The predicted molar refractivity (Wildman–Crippen MR) is 90.3 cm³/mol. The molecule has 1 N–H and O–H groups in total. The number of hydrogen-bond donors (Lipinski definition) is 1. The van der Waals surface area contributed by atoms with Crippen molar-refractivity contribution in [1.29, 1.82) is 0 Å². The van der Waals surface area contributed by atoms with Crippen molar-refractivity contribution >= 4 is 8.32 Å². The van der Waals surface area contributed by atoms with E-state index in [9.17, 15) is 5.11 Å². The maximum Gasteiger partial charge on any atom is 0.192 e. The smallest absolute Gasteiger partial charge is 0.192 e. The Balaban J connectivity index is 2.24. The standard InChI is InChI=1S/C17H32O4Si/c1-16(2,3)22(6,7)21-13-11-9-8-10-12(18)14-15(13)20-17(4,5)19-14/h8-9,12-15,18H,10-11H2,1-7H3/b9-8-/t12-,13-,14-,15-/m0/s1. The number of fused-ring (bicyclic) bond motifs is 1. The SMILES string of the molecule is CC1(C)O[C@@H]2[C@@H](O1)[C@@H](O)C/C=C\C[C@@H]2O[Si](C)(C)C(C)(C)C. The Morgan fingerprint density at radius 1 is 1.09 bits per heavy atom. The molecule has 128 valence electrons. The van der Waals surface area contributed by atoms with Crippen molar-refractivity contribution in [2.24, 2.45) is 0 Å². The molecule has 2 rings (SSSR count). The molecule has 5 heteroatoms. The van der Waals surface area contributed by atoms with Gasteiger partial charge in [0.25, 0.3) is 0 Å². The normalized spacial score (nSPS) is 37.3. The molecular weight excluding hydrogens is 296 g/mol. The molecule has 0 amide bonds. The zero-order valence-electron chi connectivity index (χ0n) is 15.1. The summed E-state index contributed by atoms with van der Waals surface area (Å²) in [6.45, 7) is 15.0. The fourth-order valence-corrected chi connectivity index (χ4v) is 4.15. The monoisotopic (exact) mass is 328 g/mol. The van der Waals surface area contributed by atoms with E-state index in [0.717, 1.165) is 6.42 Å². The Kier molecular flexibility index (Phi) is 4.96. The number of aliphatic hydroxyl groups is 1. The van der Waals surface area contributed by atoms with Gasteiger partial charge in [0.2, 0.25) is 0 Å². The lowest BCUT2D eigenvalue weighted by Gasteiger charge is -2.41. The van der Waals surface area contributed by atoms with E-state index in [1.807, 2.05) is 19.9 Å². The number of rotatable bonds is 2. The van der Waals surface area contributed by atoms with E-state index in [1.165, 1.54) is 0 Å². The van der Waals surface area contributed by atoms with E-state index in [1.54, 1.807) is 0 Å². The molecule has 0 spiro atoms. The van der Waals surface area contributed by atoms with Crippen molar-refractivity contribution < 1.29 is 19.0 Å². The minimum atomic E-state index is -1.91. The van der Waals surface area contributed by atoms with Crippen LogP contribution in [0.1, 0.15) is 47.5 Å². The summed E-state index contributed by atoms with van der Waals surface area (Å²) in [5.74, 6) is -0.671. The van der Waals surface area contributed by atoms with Crippen LogP contribution in [0.25, 0.3) is 0 Å². The lowest BCUT2D eigenvalue weighted by atomic mass is 9.96. The van der Waals surface area contributed by atoms with Crippen LogP contribution in [0, 0.1) is 0 Å². The number of hydrogen-bond acceptors (Lipinski definition) is 4. The van der Waals surface area contributed by atoms with E-state index in [0.29, 0.717) is 6.42 Å². The van der Waals surface area contributed by atoms with Crippen LogP contribution in [0.5, 0.6) is 0 Å². The third kappa shape index (κ3) is 3.82. The number of aliphatic hydroxyl groups excluding tert-OH is 1. The quantitative estimate of drug-likeness (QED) is 0.621. The molecule has 0 aromatic rings. The van der Waals surface area contributed by atoms with Gasteiger partial charge in [0.1, 0.15) is 12.2 Å². The Morgan fingerprint density at radius 2 is 1.64 bits per heavy atom. The van der Waals surface area contributed by atoms with Gasteiger partial charge in [-0.2, -0.15) is 0 Å². The van der Waals surface area contributed by atoms with E-state index >= 15 is 0 Å². The van der Waals surface area contributed by atoms with Crippen LogP contribution in [0.3, 0.4) is 0 Å². The first-order chi connectivity index (χ1) is 9.93. The van der Waals surface area contributed by atoms with Crippen LogP contribution in [-0.2, 0) is 13.9 Å². The molecule has 1 aliphatic heterocycles. The highest BCUT2D eigenvalue weighted by Crippen LogP contribution is 2.41. The van der Waals surface area contributed by atoms with Crippen molar-refractivity contribution in [2.45, 2.75) is 95.8 Å². The van der Waals surface area contributed by atoms with Crippen molar-refractivity contribution in [3.63, 3.8) is 0 Å². The highest BCUT2D eigenvalue weighted by Gasteiger charge is 2.50. The van der Waals surface area contributed by atoms with Gasteiger partial charge in [-0.1, -0.05) is 32.9 Å². The first kappa shape index (κ1) is 18.1. The first-order valence-electron chi connectivity index (χ1n) is 8.29. The van der Waals surface area contributed by atoms with Gasteiger partial charge >= 0.3 is 0 Å². The molecule has 1 saturated heterocycles. The Bertz CT molecular complexity index is 425. The summed E-state index contributed by atoms with van der Waals surface area (Å²) < 4.78 is 18.7. The van der Waals surface area contributed by atoms with Gasteiger partial charge in [0.05, 0.1) is 12.2 Å². The summed E-state index contributed by atoms with van der Waals surface area (Å²) in [4.78, 5) is 0. The molecule has 2 aliphatic rings. The molecule has 0 bridgehead atoms. The Morgan fingerprint density at radius 3 is 2.23 bits per heavy atom. The van der Waals surface area contributed by atoms with E-state index < -0.39 is 20.2 Å². The Hall–Kier alpha value is -0.203. The fraction of sp³-hybridized carbons (Fsp3) is 0.882. The van der Waals surface area contributed by atoms with Crippen LogP contribution in [0.15, 0.2) is 12.2 Å². The minimum Gasteiger partial charge on any atom is -0.411 e. The molecule has 22 heavy (non-hydrogen) atoms. The van der Waals surface area contributed by atoms with Gasteiger partial charge in [-0.25, -0.2) is 0 Å². The second-order valence-corrected chi connectivity index (χ2v) is 13.2. The molecular formula is C17H32O4Si. The summed E-state index contributed by atoms with van der Waals surface area (Å²) in [7, 11) is -1.91. The topological polar surface area (TPSA) is 47.9 Å². The Labute approximate surface area is 136 Å². The lowest BCUT2D eigenvalue weighted by molar-refractivity contribution is -0.159. The highest BCUT2D eigenvalue weighted by molar-refractivity contribution is 6.74. The fourth-order valence-electron chi connectivity index (χ4n) is 2.81. The average Bonchev–Trinajstić information content (AvgIpc) is 2.66. The first-order valence-corrected chi connectivity index (χ1v) is 11.2. The zero-order valence-corrected chi connectivity index (χ0v) is 16.1. The summed E-state index contributed by atoms with van der Waals surface area (Å²) >= 11 is 0. The van der Waals surface area contributed by atoms with Gasteiger partial charge in [-0.3, -0.25) is 0 Å². The minimum absolute atomic E-state index is 0.0705. The van der Waals surface area contributed by atoms with E-state index in [2.05, 4.69) is 39.9 Å². The largest absolute Gasteiger partial charge is 0.411 e. The maximum absolute atomic E-state index is 10.4. The molecule has 1 heterocycles. The summed E-state index contributed by atoms with van der Waals surface area (Å²) in [5, 5.41) is 10.5. The molecule has 0 aromatic carbocycles. The van der Waals surface area contributed by atoms with Crippen LogP contribution in [-0.4, -0.2) is 43.6 Å². The molecule has 4 nitrogen and oxygen atoms in total. The van der Waals surface area contributed by atoms with Gasteiger partial charge < -0.3 is 19.0 Å².